The molecule has 2 aromatic heterocycles. The zero-order valence-corrected chi connectivity index (χ0v) is 17.5. The van der Waals surface area contributed by atoms with Gasteiger partial charge in [-0.05, 0) is 37.3 Å². The first-order valence-corrected chi connectivity index (χ1v) is 10.4. The summed E-state index contributed by atoms with van der Waals surface area (Å²) in [6, 6.07) is 12.1. The van der Waals surface area contributed by atoms with Gasteiger partial charge in [0.2, 0.25) is 11.8 Å². The van der Waals surface area contributed by atoms with Crippen LogP contribution in [0.3, 0.4) is 0 Å². The molecular formula is C23H28N4O3. The summed E-state index contributed by atoms with van der Waals surface area (Å²) in [5.74, 6) is 1.15. The molecule has 0 unspecified atom stereocenters. The Morgan fingerprint density at radius 1 is 1.23 bits per heavy atom. The Balaban J connectivity index is 1.30. The molecular weight excluding hydrogens is 380 g/mol. The summed E-state index contributed by atoms with van der Waals surface area (Å²) in [5.41, 5.74) is 2.01. The van der Waals surface area contributed by atoms with Crippen LogP contribution in [-0.4, -0.2) is 39.2 Å². The van der Waals surface area contributed by atoms with E-state index in [-0.39, 0.29) is 18.1 Å². The SMILES string of the molecule is CC(=O)N[C@@H](C)COC1CC(Cn2ccc3c(OCc4ccccc4)ncnc32)C1. The van der Waals surface area contributed by atoms with Gasteiger partial charge in [-0.2, -0.15) is 0 Å². The van der Waals surface area contributed by atoms with E-state index in [2.05, 4.69) is 26.0 Å². The van der Waals surface area contributed by atoms with Crippen molar-refractivity contribution in [1.29, 1.82) is 0 Å². The van der Waals surface area contributed by atoms with E-state index < -0.39 is 0 Å². The first kappa shape index (κ1) is 20.3. The Morgan fingerprint density at radius 3 is 2.80 bits per heavy atom. The van der Waals surface area contributed by atoms with E-state index in [1.807, 2.05) is 43.3 Å². The molecule has 4 rings (SSSR count). The van der Waals surface area contributed by atoms with Crippen molar-refractivity contribution in [3.05, 3.63) is 54.5 Å². The lowest BCUT2D eigenvalue weighted by atomic mass is 9.82. The lowest BCUT2D eigenvalue weighted by Gasteiger charge is -2.36. The van der Waals surface area contributed by atoms with E-state index in [0.717, 1.165) is 36.0 Å². The molecule has 3 aromatic rings. The van der Waals surface area contributed by atoms with Crippen molar-refractivity contribution in [2.24, 2.45) is 5.92 Å². The van der Waals surface area contributed by atoms with E-state index in [9.17, 15) is 4.79 Å². The summed E-state index contributed by atoms with van der Waals surface area (Å²) in [7, 11) is 0. The number of benzene rings is 1. The summed E-state index contributed by atoms with van der Waals surface area (Å²) in [6.45, 7) is 5.43. The van der Waals surface area contributed by atoms with Crippen molar-refractivity contribution in [3.8, 4) is 5.88 Å². The molecule has 1 fully saturated rings. The number of amides is 1. The molecule has 7 nitrogen and oxygen atoms in total. The Kier molecular flexibility index (Phi) is 6.28. The maximum atomic E-state index is 11.1. The third-order valence-electron chi connectivity index (χ3n) is 5.42. The van der Waals surface area contributed by atoms with E-state index in [0.29, 0.717) is 25.0 Å². The molecule has 158 valence electrons. The molecule has 0 radical (unpaired) electrons. The fourth-order valence-corrected chi connectivity index (χ4v) is 3.88. The highest BCUT2D eigenvalue weighted by molar-refractivity contribution is 5.81. The number of aromatic nitrogens is 3. The molecule has 2 heterocycles. The van der Waals surface area contributed by atoms with Gasteiger partial charge in [-0.1, -0.05) is 30.3 Å². The Hall–Kier alpha value is -2.93. The molecule has 1 N–H and O–H groups in total. The van der Waals surface area contributed by atoms with Crippen LogP contribution in [0.2, 0.25) is 0 Å². The van der Waals surface area contributed by atoms with E-state index in [1.165, 1.54) is 6.92 Å². The van der Waals surface area contributed by atoms with Gasteiger partial charge in [-0.15, -0.1) is 0 Å². The second-order valence-electron chi connectivity index (χ2n) is 8.05. The van der Waals surface area contributed by atoms with Crippen molar-refractivity contribution in [1.82, 2.24) is 19.9 Å². The van der Waals surface area contributed by atoms with E-state index in [4.69, 9.17) is 9.47 Å². The van der Waals surface area contributed by atoms with Crippen molar-refractivity contribution in [2.45, 2.75) is 52.0 Å². The predicted molar refractivity (Wildman–Crippen MR) is 114 cm³/mol. The third-order valence-corrected chi connectivity index (χ3v) is 5.42. The molecule has 1 aromatic carbocycles. The van der Waals surface area contributed by atoms with Gasteiger partial charge in [-0.25, -0.2) is 9.97 Å². The fraction of sp³-hybridized carbons (Fsp3) is 0.435. The first-order chi connectivity index (χ1) is 14.6. The highest BCUT2D eigenvalue weighted by Gasteiger charge is 2.30. The Bertz CT molecular complexity index is 983. The van der Waals surface area contributed by atoms with Gasteiger partial charge in [-0.3, -0.25) is 4.79 Å². The number of carbonyl (C=O) groups is 1. The number of hydrogen-bond acceptors (Lipinski definition) is 5. The van der Waals surface area contributed by atoms with Crippen molar-refractivity contribution in [2.75, 3.05) is 6.61 Å². The Morgan fingerprint density at radius 2 is 2.03 bits per heavy atom. The summed E-state index contributed by atoms with van der Waals surface area (Å²) in [6.07, 6.45) is 5.94. The molecule has 0 aliphatic heterocycles. The molecule has 1 atom stereocenters. The summed E-state index contributed by atoms with van der Waals surface area (Å²) < 4.78 is 14.0. The summed E-state index contributed by atoms with van der Waals surface area (Å²) >= 11 is 0. The van der Waals surface area contributed by atoms with Gasteiger partial charge in [0.15, 0.2) is 0 Å². The third kappa shape index (κ3) is 4.97. The summed E-state index contributed by atoms with van der Waals surface area (Å²) in [4.78, 5) is 19.9. The minimum absolute atomic E-state index is 0.0221. The second-order valence-corrected chi connectivity index (χ2v) is 8.05. The topological polar surface area (TPSA) is 78.3 Å². The average molecular weight is 409 g/mol. The average Bonchev–Trinajstić information content (AvgIpc) is 3.11. The zero-order chi connectivity index (χ0) is 20.9. The van der Waals surface area contributed by atoms with Gasteiger partial charge in [0.05, 0.1) is 18.1 Å². The van der Waals surface area contributed by atoms with E-state index >= 15 is 0 Å². The smallest absolute Gasteiger partial charge is 0.226 e. The molecule has 7 heteroatoms. The Labute approximate surface area is 176 Å². The monoisotopic (exact) mass is 408 g/mol. The molecule has 0 saturated heterocycles. The lowest BCUT2D eigenvalue weighted by Crippen LogP contribution is -2.39. The largest absolute Gasteiger partial charge is 0.472 e. The molecule has 0 spiro atoms. The number of fused-ring (bicyclic) bond motifs is 1. The summed E-state index contributed by atoms with van der Waals surface area (Å²) in [5, 5.41) is 3.78. The van der Waals surface area contributed by atoms with Crippen LogP contribution < -0.4 is 10.1 Å². The van der Waals surface area contributed by atoms with Gasteiger partial charge >= 0.3 is 0 Å². The predicted octanol–water partition coefficient (Wildman–Crippen LogP) is 3.33. The van der Waals surface area contributed by atoms with Gasteiger partial charge in [0, 0.05) is 25.7 Å². The number of ether oxygens (including phenoxy) is 2. The van der Waals surface area contributed by atoms with Crippen LogP contribution in [0.25, 0.3) is 11.0 Å². The number of nitrogens with one attached hydrogen (secondary N) is 1. The molecule has 1 aliphatic rings. The van der Waals surface area contributed by atoms with Crippen LogP contribution in [0.15, 0.2) is 48.9 Å². The van der Waals surface area contributed by atoms with Crippen molar-refractivity contribution < 1.29 is 14.3 Å². The van der Waals surface area contributed by atoms with Crippen molar-refractivity contribution in [3.63, 3.8) is 0 Å². The molecule has 1 saturated carbocycles. The van der Waals surface area contributed by atoms with Crippen molar-refractivity contribution >= 4 is 16.9 Å². The van der Waals surface area contributed by atoms with Crippen LogP contribution in [0.5, 0.6) is 5.88 Å². The number of hydrogen-bond donors (Lipinski definition) is 1. The second kappa shape index (κ2) is 9.26. The minimum atomic E-state index is -0.0221. The molecule has 30 heavy (non-hydrogen) atoms. The standard InChI is InChI=1S/C23H28N4O3/c1-16(26-17(2)28)13-29-20-10-19(11-20)12-27-9-8-21-22(27)24-15-25-23(21)30-14-18-6-4-3-5-7-18/h3-9,15-16,19-20H,10-14H2,1-2H3,(H,26,28)/t16-,19?,20?/m0/s1. The van der Waals surface area contributed by atoms with Crippen LogP contribution in [-0.2, 0) is 22.7 Å². The highest BCUT2D eigenvalue weighted by atomic mass is 16.5. The van der Waals surface area contributed by atoms with Gasteiger partial charge in [0.1, 0.15) is 18.6 Å². The maximum absolute atomic E-state index is 11.1. The minimum Gasteiger partial charge on any atom is -0.472 e. The normalized spacial score (nSPS) is 19.3. The van der Waals surface area contributed by atoms with Gasteiger partial charge in [0.25, 0.3) is 0 Å². The van der Waals surface area contributed by atoms with E-state index in [1.54, 1.807) is 6.33 Å². The van der Waals surface area contributed by atoms with Crippen LogP contribution in [0, 0.1) is 5.92 Å². The van der Waals surface area contributed by atoms with Gasteiger partial charge < -0.3 is 19.4 Å². The highest BCUT2D eigenvalue weighted by Crippen LogP contribution is 2.33. The first-order valence-electron chi connectivity index (χ1n) is 10.4. The van der Waals surface area contributed by atoms with Crippen LogP contribution >= 0.6 is 0 Å². The van der Waals surface area contributed by atoms with Crippen LogP contribution in [0.4, 0.5) is 0 Å². The number of rotatable bonds is 9. The lowest BCUT2D eigenvalue weighted by molar-refractivity contribution is -0.120. The zero-order valence-electron chi connectivity index (χ0n) is 17.5. The fourth-order valence-electron chi connectivity index (χ4n) is 3.88. The molecule has 1 aliphatic carbocycles. The molecule has 1 amide bonds. The maximum Gasteiger partial charge on any atom is 0.226 e. The number of carbonyl (C=O) groups excluding carboxylic acids is 1. The number of nitrogens with zero attached hydrogens (tertiary/aromatic N) is 3. The quantitative estimate of drug-likeness (QED) is 0.588. The molecule has 0 bridgehead atoms. The van der Waals surface area contributed by atoms with Crippen LogP contribution in [0.1, 0.15) is 32.3 Å².